The molecule has 204 valence electrons. The molecule has 0 unspecified atom stereocenters. The highest BCUT2D eigenvalue weighted by atomic mass is 19.3. The average molecular weight is 493 g/mol. The zero-order valence-corrected chi connectivity index (χ0v) is 22.6. The van der Waals surface area contributed by atoms with Crippen molar-refractivity contribution in [2.75, 3.05) is 0 Å². The van der Waals surface area contributed by atoms with Crippen LogP contribution in [0.3, 0.4) is 0 Å². The van der Waals surface area contributed by atoms with Crippen molar-refractivity contribution >= 4 is 0 Å². The maximum absolute atomic E-state index is 12.0. The lowest BCUT2D eigenvalue weighted by Crippen LogP contribution is -2.28. The molecule has 0 amide bonds. The monoisotopic (exact) mass is 492 g/mol. The third-order valence-electron chi connectivity index (χ3n) is 2.00. The fraction of sp³-hybridized carbons (Fsp3) is 1.00. The highest BCUT2D eigenvalue weighted by molar-refractivity contribution is 4.70. The van der Waals surface area contributed by atoms with E-state index in [9.17, 15) is 35.1 Å². The summed E-state index contributed by atoms with van der Waals surface area (Å²) in [7, 11) is 0. The molecule has 0 aliphatic carbocycles. The molecule has 0 saturated carbocycles. The molecule has 0 aromatic heterocycles. The number of halogens is 8. The summed E-state index contributed by atoms with van der Waals surface area (Å²) < 4.78 is 93.9. The third kappa shape index (κ3) is 51.8. The van der Waals surface area contributed by atoms with Crippen LogP contribution in [0, 0.1) is 11.8 Å². The molecule has 0 aromatic rings. The Morgan fingerprint density at radius 1 is 0.438 bits per heavy atom. The zero-order chi connectivity index (χ0) is 27.6. The van der Waals surface area contributed by atoms with Gasteiger partial charge in [-0.2, -0.15) is 0 Å². The lowest BCUT2D eigenvalue weighted by atomic mass is 10.1. The van der Waals surface area contributed by atoms with Crippen LogP contribution < -0.4 is 0 Å². The van der Waals surface area contributed by atoms with E-state index in [0.29, 0.717) is 0 Å². The van der Waals surface area contributed by atoms with Gasteiger partial charge in [0, 0.05) is 12.8 Å². The van der Waals surface area contributed by atoms with Crippen molar-refractivity contribution in [2.45, 2.75) is 146 Å². The molecule has 0 nitrogen and oxygen atoms in total. The second kappa shape index (κ2) is 30.4. The lowest BCUT2D eigenvalue weighted by molar-refractivity contribution is -0.138. The lowest BCUT2D eigenvalue weighted by Gasteiger charge is -2.16. The van der Waals surface area contributed by atoms with Crippen molar-refractivity contribution in [3.8, 4) is 0 Å². The topological polar surface area (TPSA) is 0 Å². The summed E-state index contributed by atoms with van der Waals surface area (Å²) in [5.74, 6) is -8.42. The van der Waals surface area contributed by atoms with Crippen LogP contribution in [-0.4, -0.2) is 24.7 Å². The van der Waals surface area contributed by atoms with Crippen LogP contribution in [0.15, 0.2) is 0 Å². The molecule has 0 radical (unpaired) electrons. The first kappa shape index (κ1) is 45.0. The van der Waals surface area contributed by atoms with Crippen LogP contribution in [-0.2, 0) is 0 Å². The molecule has 0 heterocycles. The Kier molecular flexibility index (Phi) is 42.8. The maximum Gasteiger partial charge on any atom is 0.307 e. The molecule has 0 aliphatic rings. The molecular formula is C24H52F8. The first-order valence-corrected chi connectivity index (χ1v) is 11.7. The SMILES string of the molecule is CC(C)CC(F)(F)C(F)F.CC(C)CC(F)(F)C(F)F.CCC.CCC.CCC.CCC. The molecule has 0 atom stereocenters. The molecule has 0 spiro atoms. The molecule has 0 aliphatic heterocycles. The van der Waals surface area contributed by atoms with Crippen LogP contribution in [0.25, 0.3) is 0 Å². The second-order valence-electron chi connectivity index (χ2n) is 8.15. The van der Waals surface area contributed by atoms with E-state index in [2.05, 4.69) is 55.4 Å². The van der Waals surface area contributed by atoms with Gasteiger partial charge in [-0.1, -0.05) is 109 Å². The average Bonchev–Trinajstić information content (AvgIpc) is 2.55. The van der Waals surface area contributed by atoms with E-state index in [1.165, 1.54) is 53.4 Å². The van der Waals surface area contributed by atoms with Crippen molar-refractivity contribution in [2.24, 2.45) is 11.8 Å². The zero-order valence-electron chi connectivity index (χ0n) is 22.6. The molecule has 0 saturated heterocycles. The molecular weight excluding hydrogens is 440 g/mol. The Morgan fingerprint density at radius 2 is 0.562 bits per heavy atom. The smallest absolute Gasteiger partial charge is 0.204 e. The van der Waals surface area contributed by atoms with Crippen molar-refractivity contribution in [1.82, 2.24) is 0 Å². The summed E-state index contributed by atoms with van der Waals surface area (Å²) in [6.07, 6.45) is -3.56. The van der Waals surface area contributed by atoms with Gasteiger partial charge in [-0.25, -0.2) is 35.1 Å². The van der Waals surface area contributed by atoms with E-state index in [0.717, 1.165) is 0 Å². The van der Waals surface area contributed by atoms with Crippen LogP contribution in [0.2, 0.25) is 0 Å². The number of rotatable bonds is 6. The van der Waals surface area contributed by atoms with E-state index in [1.807, 2.05) is 0 Å². The maximum atomic E-state index is 12.0. The fourth-order valence-corrected chi connectivity index (χ4v) is 1.27. The van der Waals surface area contributed by atoms with Gasteiger partial charge in [0.2, 0.25) is 0 Å². The van der Waals surface area contributed by atoms with Gasteiger partial charge in [-0.3, -0.25) is 0 Å². The fourth-order valence-electron chi connectivity index (χ4n) is 1.27. The van der Waals surface area contributed by atoms with Crippen molar-refractivity contribution in [1.29, 1.82) is 0 Å². The van der Waals surface area contributed by atoms with Gasteiger partial charge in [-0.15, -0.1) is 0 Å². The standard InChI is InChI=1S/2C6H10F4.4C3H8/c2*1-4(2)3-6(9,10)5(7)8;4*1-3-2/h2*4-5H,3H2,1-2H3;4*3H2,1-2H3. The number of alkyl halides is 8. The Hall–Kier alpha value is -0.560. The minimum Gasteiger partial charge on any atom is -0.204 e. The molecule has 0 N–H and O–H groups in total. The summed E-state index contributed by atoms with van der Waals surface area (Å²) in [4.78, 5) is 0. The van der Waals surface area contributed by atoms with Crippen molar-refractivity contribution < 1.29 is 35.1 Å². The summed E-state index contributed by atoms with van der Waals surface area (Å²) in [6, 6.07) is 0. The van der Waals surface area contributed by atoms with Gasteiger partial charge in [0.25, 0.3) is 0 Å². The quantitative estimate of drug-likeness (QED) is 0.323. The molecule has 0 aromatic carbocycles. The highest BCUT2D eigenvalue weighted by Gasteiger charge is 2.41. The van der Waals surface area contributed by atoms with E-state index in [4.69, 9.17) is 0 Å². The van der Waals surface area contributed by atoms with Gasteiger partial charge in [0.05, 0.1) is 0 Å². The van der Waals surface area contributed by atoms with Crippen LogP contribution in [0.4, 0.5) is 35.1 Å². The van der Waals surface area contributed by atoms with E-state index in [1.54, 1.807) is 0 Å². The largest absolute Gasteiger partial charge is 0.307 e. The molecule has 0 rings (SSSR count). The Morgan fingerprint density at radius 3 is 0.594 bits per heavy atom. The summed E-state index contributed by atoms with van der Waals surface area (Å²) >= 11 is 0. The van der Waals surface area contributed by atoms with Crippen LogP contribution >= 0.6 is 0 Å². The van der Waals surface area contributed by atoms with Gasteiger partial charge in [0.1, 0.15) is 0 Å². The molecule has 0 fully saturated rings. The van der Waals surface area contributed by atoms with Crippen LogP contribution in [0.5, 0.6) is 0 Å². The van der Waals surface area contributed by atoms with Gasteiger partial charge in [0.15, 0.2) is 0 Å². The van der Waals surface area contributed by atoms with Gasteiger partial charge in [-0.05, 0) is 11.8 Å². The first-order chi connectivity index (χ1) is 14.4. The third-order valence-corrected chi connectivity index (χ3v) is 2.00. The van der Waals surface area contributed by atoms with Gasteiger partial charge >= 0.3 is 24.7 Å². The summed E-state index contributed by atoms with van der Waals surface area (Å²) in [5.41, 5.74) is 0. The molecule has 8 heteroatoms. The number of hydrogen-bond donors (Lipinski definition) is 0. The van der Waals surface area contributed by atoms with Gasteiger partial charge < -0.3 is 0 Å². The Bertz CT molecular complexity index is 270. The van der Waals surface area contributed by atoms with E-state index >= 15 is 0 Å². The predicted octanol–water partition coefficient (Wildman–Crippen LogP) is 11.5. The Labute approximate surface area is 193 Å². The summed E-state index contributed by atoms with van der Waals surface area (Å²) in [5, 5.41) is 0. The second-order valence-corrected chi connectivity index (χ2v) is 8.15. The van der Waals surface area contributed by atoms with E-state index in [-0.39, 0.29) is 0 Å². The minimum atomic E-state index is -3.81. The van der Waals surface area contributed by atoms with Crippen molar-refractivity contribution in [3.63, 3.8) is 0 Å². The van der Waals surface area contributed by atoms with E-state index < -0.39 is 49.4 Å². The predicted molar refractivity (Wildman–Crippen MR) is 125 cm³/mol. The van der Waals surface area contributed by atoms with Crippen LogP contribution in [0.1, 0.15) is 122 Å². The molecule has 32 heavy (non-hydrogen) atoms. The highest BCUT2D eigenvalue weighted by Crippen LogP contribution is 2.30. The molecule has 0 bridgehead atoms. The summed E-state index contributed by atoms with van der Waals surface area (Å²) in [6.45, 7) is 22.9. The normalized spacial score (nSPS) is 10.5. The number of hydrogen-bond acceptors (Lipinski definition) is 0. The van der Waals surface area contributed by atoms with Crippen molar-refractivity contribution in [3.05, 3.63) is 0 Å². The Balaban J connectivity index is -0.0000000711. The first-order valence-electron chi connectivity index (χ1n) is 11.7. The minimum absolute atomic E-state index is 0.399.